The number of carboxylic acids is 1. The maximum atomic E-state index is 11.4. The van der Waals surface area contributed by atoms with Gasteiger partial charge in [0.25, 0.3) is 0 Å². The van der Waals surface area contributed by atoms with E-state index in [4.69, 9.17) is 5.73 Å². The van der Waals surface area contributed by atoms with Crippen molar-refractivity contribution in [2.45, 2.75) is 56.9 Å². The van der Waals surface area contributed by atoms with E-state index >= 15 is 0 Å². The van der Waals surface area contributed by atoms with Crippen molar-refractivity contribution in [1.29, 1.82) is 0 Å². The summed E-state index contributed by atoms with van der Waals surface area (Å²) >= 11 is 0. The summed E-state index contributed by atoms with van der Waals surface area (Å²) in [5.74, 6) is -0.472. The third-order valence-electron chi connectivity index (χ3n) is 4.97. The summed E-state index contributed by atoms with van der Waals surface area (Å²) in [6.45, 7) is 1.65. The number of aliphatic carboxylic acids is 1. The zero-order chi connectivity index (χ0) is 13.8. The molecule has 1 aliphatic heterocycles. The Hall–Kier alpha value is -0.545. The zero-order valence-corrected chi connectivity index (χ0v) is 12.1. The van der Waals surface area contributed by atoms with Crippen molar-refractivity contribution in [3.63, 3.8) is 0 Å². The lowest BCUT2D eigenvalue weighted by molar-refractivity contribution is -0.142. The monoisotopic (exact) mass is 266 g/mol. The fraction of sp³-hybridized carbons (Fsp3) is 0.929. The first-order valence-electron chi connectivity index (χ1n) is 7.86. The van der Waals surface area contributed by atoms with E-state index in [1.54, 1.807) is 0 Å². The summed E-state index contributed by atoms with van der Waals surface area (Å²) in [4.78, 5) is 13.8. The van der Waals surface area contributed by atoms with Crippen LogP contribution in [0, 0.1) is 11.8 Å². The molecule has 0 bridgehead atoms. The van der Waals surface area contributed by atoms with Crippen molar-refractivity contribution in [2.75, 3.05) is 13.1 Å². The Balaban J connectivity index is 1.98. The van der Waals surface area contributed by atoms with Gasteiger partial charge in [0.1, 0.15) is 7.85 Å². The first-order valence-corrected chi connectivity index (χ1v) is 7.86. The Morgan fingerprint density at radius 2 is 2.05 bits per heavy atom. The summed E-state index contributed by atoms with van der Waals surface area (Å²) in [7, 11) is 2.17. The first kappa shape index (κ1) is 14.9. The van der Waals surface area contributed by atoms with E-state index < -0.39 is 5.97 Å². The SMILES string of the molecule is BCCC[C@H]1CN(C2CCCCC2N)C[C@H]1C(=O)O. The molecule has 3 N–H and O–H groups in total. The van der Waals surface area contributed by atoms with Crippen molar-refractivity contribution in [3.05, 3.63) is 0 Å². The average Bonchev–Trinajstić information content (AvgIpc) is 2.81. The second kappa shape index (κ2) is 6.75. The fourth-order valence-electron chi connectivity index (χ4n) is 3.81. The van der Waals surface area contributed by atoms with Crippen molar-refractivity contribution in [2.24, 2.45) is 17.6 Å². The van der Waals surface area contributed by atoms with Gasteiger partial charge >= 0.3 is 5.97 Å². The highest BCUT2D eigenvalue weighted by Gasteiger charge is 2.41. The number of nitrogens with two attached hydrogens (primary N) is 1. The first-order chi connectivity index (χ1) is 9.13. The van der Waals surface area contributed by atoms with Gasteiger partial charge in [-0.15, -0.1) is 0 Å². The molecule has 4 nitrogen and oxygen atoms in total. The maximum Gasteiger partial charge on any atom is 0.308 e. The minimum atomic E-state index is -0.618. The van der Waals surface area contributed by atoms with E-state index in [1.165, 1.54) is 12.8 Å². The van der Waals surface area contributed by atoms with Gasteiger partial charge in [0.2, 0.25) is 0 Å². The smallest absolute Gasteiger partial charge is 0.308 e. The lowest BCUT2D eigenvalue weighted by Crippen LogP contribution is -2.49. The largest absolute Gasteiger partial charge is 0.481 e. The summed E-state index contributed by atoms with van der Waals surface area (Å²) in [5, 5.41) is 9.41. The summed E-state index contributed by atoms with van der Waals surface area (Å²) < 4.78 is 0. The summed E-state index contributed by atoms with van der Waals surface area (Å²) in [6, 6.07) is 0.662. The van der Waals surface area contributed by atoms with Crippen LogP contribution in [0.25, 0.3) is 0 Å². The Morgan fingerprint density at radius 3 is 2.68 bits per heavy atom. The van der Waals surface area contributed by atoms with E-state index in [2.05, 4.69) is 12.7 Å². The second-order valence-electron chi connectivity index (χ2n) is 6.32. The normalized spacial score (nSPS) is 36.5. The van der Waals surface area contributed by atoms with Gasteiger partial charge < -0.3 is 10.8 Å². The van der Waals surface area contributed by atoms with Crippen LogP contribution in [-0.2, 0) is 4.79 Å². The minimum Gasteiger partial charge on any atom is -0.481 e. The van der Waals surface area contributed by atoms with Gasteiger partial charge in [-0.3, -0.25) is 9.69 Å². The number of hydrogen-bond acceptors (Lipinski definition) is 3. The number of nitrogens with zero attached hydrogens (tertiary/aromatic N) is 1. The van der Waals surface area contributed by atoms with Crippen LogP contribution in [0.3, 0.4) is 0 Å². The molecule has 1 heterocycles. The predicted molar refractivity (Wildman–Crippen MR) is 79.0 cm³/mol. The average molecular weight is 266 g/mol. The molecule has 2 aliphatic rings. The molecule has 1 saturated heterocycles. The van der Waals surface area contributed by atoms with Gasteiger partial charge in [-0.1, -0.05) is 25.6 Å². The van der Waals surface area contributed by atoms with E-state index in [0.29, 0.717) is 18.5 Å². The van der Waals surface area contributed by atoms with Gasteiger partial charge in [-0.2, -0.15) is 0 Å². The number of carbonyl (C=O) groups is 1. The van der Waals surface area contributed by atoms with Crippen LogP contribution in [0.1, 0.15) is 38.5 Å². The van der Waals surface area contributed by atoms with Gasteiger partial charge in [0, 0.05) is 25.2 Å². The van der Waals surface area contributed by atoms with Crippen molar-refractivity contribution < 1.29 is 9.90 Å². The molecule has 0 spiro atoms. The standard InChI is InChI=1S/C14H27BN2O2/c15-7-3-4-10-8-17(9-11(10)14(18)19)13-6-2-1-5-12(13)16/h10-13H,1-9,15-16H2,(H,18,19)/t10-,11+,12?,13?/m0/s1. The van der Waals surface area contributed by atoms with Gasteiger partial charge in [0.15, 0.2) is 0 Å². The molecular weight excluding hydrogens is 239 g/mol. The van der Waals surface area contributed by atoms with E-state index in [9.17, 15) is 9.90 Å². The van der Waals surface area contributed by atoms with Crippen LogP contribution < -0.4 is 5.73 Å². The maximum absolute atomic E-state index is 11.4. The van der Waals surface area contributed by atoms with Gasteiger partial charge in [-0.25, -0.2) is 0 Å². The van der Waals surface area contributed by atoms with E-state index in [1.807, 2.05) is 0 Å². The Bertz CT molecular complexity index is 314. The molecule has 108 valence electrons. The molecule has 4 atom stereocenters. The van der Waals surface area contributed by atoms with Gasteiger partial charge in [0.05, 0.1) is 5.92 Å². The molecule has 0 radical (unpaired) electrons. The molecule has 0 aromatic heterocycles. The lowest BCUT2D eigenvalue weighted by atomic mass is 9.88. The molecule has 2 fully saturated rings. The zero-order valence-electron chi connectivity index (χ0n) is 12.1. The minimum absolute atomic E-state index is 0.180. The topological polar surface area (TPSA) is 66.6 Å². The molecule has 0 aromatic carbocycles. The van der Waals surface area contributed by atoms with Gasteiger partial charge in [-0.05, 0) is 25.2 Å². The quantitative estimate of drug-likeness (QED) is 0.720. The highest BCUT2D eigenvalue weighted by atomic mass is 16.4. The Kier molecular flexibility index (Phi) is 5.28. The highest BCUT2D eigenvalue weighted by molar-refractivity contribution is 6.08. The van der Waals surface area contributed by atoms with E-state index in [0.717, 1.165) is 38.5 Å². The number of rotatable bonds is 5. The Labute approximate surface area is 117 Å². The molecule has 19 heavy (non-hydrogen) atoms. The predicted octanol–water partition coefficient (Wildman–Crippen LogP) is 0.721. The Morgan fingerprint density at radius 1 is 1.32 bits per heavy atom. The highest BCUT2D eigenvalue weighted by Crippen LogP contribution is 2.33. The third-order valence-corrected chi connectivity index (χ3v) is 4.97. The molecular formula is C14H27BN2O2. The molecule has 2 unspecified atom stereocenters. The molecule has 5 heteroatoms. The molecule has 2 rings (SSSR count). The van der Waals surface area contributed by atoms with E-state index in [-0.39, 0.29) is 12.0 Å². The molecule has 0 aromatic rings. The van der Waals surface area contributed by atoms with Crippen LogP contribution >= 0.6 is 0 Å². The van der Waals surface area contributed by atoms with Crippen LogP contribution in [-0.4, -0.2) is 49.0 Å². The number of likely N-dealkylation sites (tertiary alicyclic amines) is 1. The second-order valence-corrected chi connectivity index (χ2v) is 6.32. The van der Waals surface area contributed by atoms with Crippen LogP contribution in [0.5, 0.6) is 0 Å². The summed E-state index contributed by atoms with van der Waals surface area (Å²) in [6.07, 6.45) is 8.04. The number of carboxylic acid groups (broad SMARTS) is 1. The van der Waals surface area contributed by atoms with Crippen LogP contribution in [0.4, 0.5) is 0 Å². The third kappa shape index (κ3) is 3.51. The van der Waals surface area contributed by atoms with Crippen molar-refractivity contribution in [1.82, 2.24) is 4.90 Å². The fourth-order valence-corrected chi connectivity index (χ4v) is 3.81. The van der Waals surface area contributed by atoms with Crippen LogP contribution in [0.2, 0.25) is 6.32 Å². The van der Waals surface area contributed by atoms with Crippen LogP contribution in [0.15, 0.2) is 0 Å². The summed E-state index contributed by atoms with van der Waals surface area (Å²) in [5.41, 5.74) is 6.24. The lowest BCUT2D eigenvalue weighted by Gasteiger charge is -2.36. The number of hydrogen-bond donors (Lipinski definition) is 2. The van der Waals surface area contributed by atoms with Crippen molar-refractivity contribution >= 4 is 13.8 Å². The molecule has 1 saturated carbocycles. The molecule has 0 amide bonds. The van der Waals surface area contributed by atoms with Crippen molar-refractivity contribution in [3.8, 4) is 0 Å². The molecule has 1 aliphatic carbocycles.